The minimum atomic E-state index is 0.529. The summed E-state index contributed by atoms with van der Waals surface area (Å²) < 4.78 is 11.7. The molecule has 0 spiro atoms. The van der Waals surface area contributed by atoms with Gasteiger partial charge in [0.1, 0.15) is 12.4 Å². The van der Waals surface area contributed by atoms with Crippen molar-refractivity contribution in [2.75, 3.05) is 19.8 Å². The van der Waals surface area contributed by atoms with Crippen LogP contribution in [0.5, 0.6) is 5.75 Å². The molecular weight excluding hydrogens is 279 g/mol. The molecule has 0 fully saturated rings. The van der Waals surface area contributed by atoms with Crippen LogP contribution in [0.15, 0.2) is 22.7 Å². The molecule has 84 valence electrons. The summed E-state index contributed by atoms with van der Waals surface area (Å²) in [5.41, 5.74) is 0. The standard InChI is InChI=1S/C11H14BrClO2/c1-2-5-14-6-7-15-11-4-3-9(12)8-10(11)13/h3-4,8H,2,5-7H2,1H3. The van der Waals surface area contributed by atoms with E-state index in [0.29, 0.717) is 24.0 Å². The van der Waals surface area contributed by atoms with E-state index in [1.54, 1.807) is 0 Å². The monoisotopic (exact) mass is 292 g/mol. The van der Waals surface area contributed by atoms with Crippen LogP contribution in [-0.2, 0) is 4.74 Å². The summed E-state index contributed by atoms with van der Waals surface area (Å²) in [6, 6.07) is 5.55. The van der Waals surface area contributed by atoms with Crippen LogP contribution in [0.2, 0.25) is 5.02 Å². The van der Waals surface area contributed by atoms with E-state index in [4.69, 9.17) is 21.1 Å². The van der Waals surface area contributed by atoms with E-state index in [9.17, 15) is 0 Å². The van der Waals surface area contributed by atoms with Gasteiger partial charge in [0.15, 0.2) is 0 Å². The summed E-state index contributed by atoms with van der Waals surface area (Å²) >= 11 is 9.31. The molecule has 4 heteroatoms. The van der Waals surface area contributed by atoms with E-state index in [1.165, 1.54) is 0 Å². The van der Waals surface area contributed by atoms with E-state index < -0.39 is 0 Å². The van der Waals surface area contributed by atoms with Crippen LogP contribution in [0.1, 0.15) is 13.3 Å². The van der Waals surface area contributed by atoms with E-state index in [-0.39, 0.29) is 0 Å². The van der Waals surface area contributed by atoms with Gasteiger partial charge >= 0.3 is 0 Å². The highest BCUT2D eigenvalue weighted by Gasteiger charge is 2.01. The van der Waals surface area contributed by atoms with Crippen molar-refractivity contribution in [3.05, 3.63) is 27.7 Å². The second-order valence-corrected chi connectivity index (χ2v) is 4.36. The maximum atomic E-state index is 5.97. The van der Waals surface area contributed by atoms with Crippen molar-refractivity contribution in [2.24, 2.45) is 0 Å². The highest BCUT2D eigenvalue weighted by Crippen LogP contribution is 2.27. The van der Waals surface area contributed by atoms with Gasteiger partial charge in [-0.2, -0.15) is 0 Å². The lowest BCUT2D eigenvalue weighted by atomic mass is 10.3. The first kappa shape index (κ1) is 12.8. The highest BCUT2D eigenvalue weighted by atomic mass is 79.9. The second kappa shape index (κ2) is 7.09. The van der Waals surface area contributed by atoms with E-state index in [2.05, 4.69) is 22.9 Å². The molecule has 1 rings (SSSR count). The quantitative estimate of drug-likeness (QED) is 0.740. The SMILES string of the molecule is CCCOCCOc1ccc(Br)cc1Cl. The van der Waals surface area contributed by atoms with Gasteiger partial charge in [-0.05, 0) is 24.6 Å². The molecule has 0 saturated carbocycles. The first-order valence-corrected chi connectivity index (χ1v) is 6.06. The molecule has 0 aromatic heterocycles. The van der Waals surface area contributed by atoms with Crippen LogP contribution < -0.4 is 4.74 Å². The van der Waals surface area contributed by atoms with Crippen molar-refractivity contribution in [3.8, 4) is 5.75 Å². The summed E-state index contributed by atoms with van der Waals surface area (Å²) in [6.07, 6.45) is 1.03. The van der Waals surface area contributed by atoms with E-state index >= 15 is 0 Å². The summed E-state index contributed by atoms with van der Waals surface area (Å²) in [6.45, 7) is 3.98. The zero-order chi connectivity index (χ0) is 11.1. The lowest BCUT2D eigenvalue weighted by Crippen LogP contribution is -2.07. The highest BCUT2D eigenvalue weighted by molar-refractivity contribution is 9.10. The van der Waals surface area contributed by atoms with Gasteiger partial charge in [0, 0.05) is 11.1 Å². The Bertz CT molecular complexity index is 305. The predicted molar refractivity (Wildman–Crippen MR) is 65.8 cm³/mol. The van der Waals surface area contributed by atoms with Gasteiger partial charge < -0.3 is 9.47 Å². The van der Waals surface area contributed by atoms with Gasteiger partial charge in [-0.3, -0.25) is 0 Å². The van der Waals surface area contributed by atoms with Crippen LogP contribution in [-0.4, -0.2) is 19.8 Å². The number of hydrogen-bond donors (Lipinski definition) is 0. The Morgan fingerprint density at radius 1 is 1.27 bits per heavy atom. The Hall–Kier alpha value is -0.250. The van der Waals surface area contributed by atoms with Crippen LogP contribution >= 0.6 is 27.5 Å². The number of hydrogen-bond acceptors (Lipinski definition) is 2. The van der Waals surface area contributed by atoms with Gasteiger partial charge in [-0.25, -0.2) is 0 Å². The first-order chi connectivity index (χ1) is 7.24. The molecule has 0 unspecified atom stereocenters. The lowest BCUT2D eigenvalue weighted by Gasteiger charge is -2.08. The average Bonchev–Trinajstić information content (AvgIpc) is 2.20. The van der Waals surface area contributed by atoms with Crippen molar-refractivity contribution in [1.82, 2.24) is 0 Å². The summed E-state index contributed by atoms with van der Waals surface area (Å²) in [5, 5.41) is 0.611. The topological polar surface area (TPSA) is 18.5 Å². The zero-order valence-corrected chi connectivity index (χ0v) is 11.0. The van der Waals surface area contributed by atoms with Gasteiger partial charge in [0.2, 0.25) is 0 Å². The summed E-state index contributed by atoms with van der Waals surface area (Å²) in [4.78, 5) is 0. The molecule has 0 aliphatic heterocycles. The van der Waals surface area contributed by atoms with Crippen LogP contribution in [0.25, 0.3) is 0 Å². The van der Waals surface area contributed by atoms with Crippen molar-refractivity contribution in [3.63, 3.8) is 0 Å². The Morgan fingerprint density at radius 3 is 2.73 bits per heavy atom. The molecule has 0 amide bonds. The van der Waals surface area contributed by atoms with E-state index in [0.717, 1.165) is 17.5 Å². The fourth-order valence-electron chi connectivity index (χ4n) is 1.05. The molecule has 0 radical (unpaired) electrons. The minimum absolute atomic E-state index is 0.529. The van der Waals surface area contributed by atoms with Gasteiger partial charge in [0.25, 0.3) is 0 Å². The molecule has 0 atom stereocenters. The van der Waals surface area contributed by atoms with Crippen LogP contribution in [0, 0.1) is 0 Å². The molecule has 0 bridgehead atoms. The number of benzene rings is 1. The second-order valence-electron chi connectivity index (χ2n) is 3.04. The smallest absolute Gasteiger partial charge is 0.138 e. The fourth-order valence-corrected chi connectivity index (χ4v) is 1.78. The number of rotatable bonds is 6. The third-order valence-electron chi connectivity index (χ3n) is 1.73. The van der Waals surface area contributed by atoms with Crippen molar-refractivity contribution in [1.29, 1.82) is 0 Å². The third kappa shape index (κ3) is 4.87. The normalized spacial score (nSPS) is 10.3. The van der Waals surface area contributed by atoms with Crippen LogP contribution in [0.4, 0.5) is 0 Å². The minimum Gasteiger partial charge on any atom is -0.490 e. The Morgan fingerprint density at radius 2 is 2.07 bits per heavy atom. The molecule has 1 aromatic rings. The molecule has 0 saturated heterocycles. The molecule has 0 N–H and O–H groups in total. The van der Waals surface area contributed by atoms with Gasteiger partial charge in [-0.1, -0.05) is 34.5 Å². The van der Waals surface area contributed by atoms with Crippen molar-refractivity contribution in [2.45, 2.75) is 13.3 Å². The molecule has 2 nitrogen and oxygen atoms in total. The van der Waals surface area contributed by atoms with Gasteiger partial charge in [-0.15, -0.1) is 0 Å². The van der Waals surface area contributed by atoms with Crippen molar-refractivity contribution >= 4 is 27.5 Å². The summed E-state index contributed by atoms with van der Waals surface area (Å²) in [7, 11) is 0. The van der Waals surface area contributed by atoms with Gasteiger partial charge in [0.05, 0.1) is 11.6 Å². The molecule has 1 aromatic carbocycles. The maximum absolute atomic E-state index is 5.97. The number of halogens is 2. The first-order valence-electron chi connectivity index (χ1n) is 4.89. The Balaban J connectivity index is 2.31. The third-order valence-corrected chi connectivity index (χ3v) is 2.52. The summed E-state index contributed by atoms with van der Waals surface area (Å²) in [5.74, 6) is 0.694. The predicted octanol–water partition coefficient (Wildman–Crippen LogP) is 3.91. The average molecular weight is 294 g/mol. The zero-order valence-electron chi connectivity index (χ0n) is 8.63. The fraction of sp³-hybridized carbons (Fsp3) is 0.455. The largest absolute Gasteiger partial charge is 0.490 e. The van der Waals surface area contributed by atoms with Crippen molar-refractivity contribution < 1.29 is 9.47 Å². The molecular formula is C11H14BrClO2. The Kier molecular flexibility index (Phi) is 6.06. The molecule has 0 aliphatic carbocycles. The maximum Gasteiger partial charge on any atom is 0.138 e. The van der Waals surface area contributed by atoms with Crippen LogP contribution in [0.3, 0.4) is 0 Å². The number of ether oxygens (including phenoxy) is 2. The Labute approximate surface area is 104 Å². The molecule has 0 heterocycles. The molecule has 0 aliphatic rings. The lowest BCUT2D eigenvalue weighted by molar-refractivity contribution is 0.101. The molecule has 15 heavy (non-hydrogen) atoms. The van der Waals surface area contributed by atoms with E-state index in [1.807, 2.05) is 18.2 Å².